The van der Waals surface area contributed by atoms with Crippen LogP contribution in [0, 0.1) is 6.92 Å². The molecule has 0 bridgehead atoms. The van der Waals surface area contributed by atoms with Crippen molar-refractivity contribution in [1.82, 2.24) is 24.9 Å². The summed E-state index contributed by atoms with van der Waals surface area (Å²) in [5.74, 6) is 1.87. The molecule has 0 spiro atoms. The Morgan fingerprint density at radius 3 is 2.75 bits per heavy atom. The van der Waals surface area contributed by atoms with Crippen LogP contribution in [0.1, 0.15) is 55.5 Å². The van der Waals surface area contributed by atoms with Gasteiger partial charge in [-0.2, -0.15) is 5.10 Å². The molecule has 144 valence electrons. The number of aryl methyl sites for hydroxylation is 1. The quantitative estimate of drug-likeness (QED) is 0.543. The van der Waals surface area contributed by atoms with Crippen molar-refractivity contribution in [3.05, 3.63) is 53.5 Å². The Morgan fingerprint density at radius 1 is 1.14 bits per heavy atom. The topological polar surface area (TPSA) is 58.0 Å². The number of aromatic nitrogens is 4. The maximum Gasteiger partial charge on any atom is 0.164 e. The van der Waals surface area contributed by atoms with Crippen molar-refractivity contribution >= 4 is 16.6 Å². The van der Waals surface area contributed by atoms with Gasteiger partial charge in [-0.25, -0.2) is 9.50 Å². The maximum absolute atomic E-state index is 4.68. The van der Waals surface area contributed by atoms with E-state index in [1.807, 2.05) is 23.7 Å². The van der Waals surface area contributed by atoms with Crippen LogP contribution in [-0.4, -0.2) is 32.7 Å². The van der Waals surface area contributed by atoms with E-state index < -0.39 is 0 Å². The molecule has 0 unspecified atom stereocenters. The summed E-state index contributed by atoms with van der Waals surface area (Å²) < 4.78 is 1.88. The molecule has 0 atom stereocenters. The number of aromatic amines is 1. The highest BCUT2D eigenvalue weighted by atomic mass is 15.3. The summed E-state index contributed by atoms with van der Waals surface area (Å²) in [5, 5.41) is 9.31. The predicted octanol–water partition coefficient (Wildman–Crippen LogP) is 4.78. The lowest BCUT2D eigenvalue weighted by molar-refractivity contribution is 0.460. The van der Waals surface area contributed by atoms with Gasteiger partial charge in [-0.3, -0.25) is 0 Å². The van der Waals surface area contributed by atoms with Gasteiger partial charge in [0.2, 0.25) is 0 Å². The number of nitrogens with zero attached hydrogens (tertiary/aromatic N) is 3. The van der Waals surface area contributed by atoms with Crippen molar-refractivity contribution in [1.29, 1.82) is 0 Å². The number of hydrogen-bond donors (Lipinski definition) is 2. The Morgan fingerprint density at radius 2 is 1.96 bits per heavy atom. The van der Waals surface area contributed by atoms with E-state index in [1.54, 1.807) is 0 Å². The van der Waals surface area contributed by atoms with Gasteiger partial charge in [0.1, 0.15) is 5.82 Å². The van der Waals surface area contributed by atoms with Crippen LogP contribution < -0.4 is 5.32 Å². The molecular weight excluding hydrogens is 346 g/mol. The predicted molar refractivity (Wildman–Crippen MR) is 114 cm³/mol. The van der Waals surface area contributed by atoms with Crippen molar-refractivity contribution in [2.45, 2.75) is 45.4 Å². The molecule has 2 N–H and O–H groups in total. The normalized spacial score (nSPS) is 15.9. The van der Waals surface area contributed by atoms with Crippen LogP contribution in [-0.2, 0) is 0 Å². The third kappa shape index (κ3) is 2.81. The fourth-order valence-electron chi connectivity index (χ4n) is 4.66. The molecule has 1 fully saturated rings. The number of hydrogen-bond acceptors (Lipinski definition) is 3. The molecule has 0 aliphatic carbocycles. The van der Waals surface area contributed by atoms with Gasteiger partial charge < -0.3 is 10.3 Å². The third-order valence-electron chi connectivity index (χ3n) is 5.99. The van der Waals surface area contributed by atoms with Crippen LogP contribution in [0.15, 0.2) is 36.5 Å². The minimum Gasteiger partial charge on any atom is -0.354 e. The minimum atomic E-state index is 0.413. The van der Waals surface area contributed by atoms with Crippen molar-refractivity contribution < 1.29 is 0 Å². The lowest BCUT2D eigenvalue weighted by Gasteiger charge is -2.23. The molecule has 1 aromatic carbocycles. The standard InChI is InChI=1S/C23H27N5/c1-14(2)21-19-13-17(16-8-10-24-11-9-16)6-7-20(19)26-22(21)18-5-4-12-28-23(18)25-15(3)27-28/h4-7,12-14,16,24,26H,8-11H2,1-3H3. The van der Waals surface area contributed by atoms with Crippen molar-refractivity contribution in [3.63, 3.8) is 0 Å². The van der Waals surface area contributed by atoms with Gasteiger partial charge in [0.05, 0.1) is 5.69 Å². The summed E-state index contributed by atoms with van der Waals surface area (Å²) in [6.07, 6.45) is 4.40. The molecule has 5 rings (SSSR count). The molecule has 0 radical (unpaired) electrons. The summed E-state index contributed by atoms with van der Waals surface area (Å²) in [5.41, 5.74) is 7.25. The summed E-state index contributed by atoms with van der Waals surface area (Å²) in [4.78, 5) is 8.38. The van der Waals surface area contributed by atoms with Gasteiger partial charge in [-0.15, -0.1) is 0 Å². The van der Waals surface area contributed by atoms with E-state index >= 15 is 0 Å². The fourth-order valence-corrected chi connectivity index (χ4v) is 4.66. The second-order valence-corrected chi connectivity index (χ2v) is 8.25. The number of benzene rings is 1. The Bertz CT molecular complexity index is 1140. The first kappa shape index (κ1) is 17.4. The largest absolute Gasteiger partial charge is 0.354 e. The lowest BCUT2D eigenvalue weighted by atomic mass is 9.88. The van der Waals surface area contributed by atoms with Crippen molar-refractivity contribution in [3.8, 4) is 11.3 Å². The first-order valence-electron chi connectivity index (χ1n) is 10.3. The molecule has 5 heteroatoms. The number of fused-ring (bicyclic) bond motifs is 2. The maximum atomic E-state index is 4.68. The number of rotatable bonds is 3. The van der Waals surface area contributed by atoms with Crippen LogP contribution in [0.5, 0.6) is 0 Å². The molecule has 28 heavy (non-hydrogen) atoms. The third-order valence-corrected chi connectivity index (χ3v) is 5.99. The Balaban J connectivity index is 1.71. The highest BCUT2D eigenvalue weighted by Gasteiger charge is 2.21. The highest BCUT2D eigenvalue weighted by molar-refractivity contribution is 5.94. The van der Waals surface area contributed by atoms with E-state index in [0.29, 0.717) is 11.8 Å². The van der Waals surface area contributed by atoms with Crippen molar-refractivity contribution in [2.75, 3.05) is 13.1 Å². The van der Waals surface area contributed by atoms with Gasteiger partial charge in [-0.05, 0) is 80.1 Å². The van der Waals surface area contributed by atoms with Crippen LogP contribution in [0.3, 0.4) is 0 Å². The number of pyridine rings is 1. The Labute approximate surface area is 165 Å². The van der Waals surface area contributed by atoms with E-state index in [2.05, 4.69) is 58.5 Å². The molecule has 0 saturated carbocycles. The zero-order valence-electron chi connectivity index (χ0n) is 16.8. The number of nitrogens with one attached hydrogen (secondary N) is 2. The molecule has 4 aromatic rings. The monoisotopic (exact) mass is 373 g/mol. The fraction of sp³-hybridized carbons (Fsp3) is 0.391. The van der Waals surface area contributed by atoms with E-state index in [1.165, 1.54) is 40.6 Å². The molecule has 0 amide bonds. The molecular formula is C23H27N5. The number of H-pyrrole nitrogens is 1. The Kier molecular flexibility index (Phi) is 4.20. The van der Waals surface area contributed by atoms with Crippen LogP contribution in [0.25, 0.3) is 27.8 Å². The van der Waals surface area contributed by atoms with Gasteiger partial charge >= 0.3 is 0 Å². The zero-order valence-corrected chi connectivity index (χ0v) is 16.8. The molecule has 3 aromatic heterocycles. The summed E-state index contributed by atoms with van der Waals surface area (Å²) >= 11 is 0. The molecule has 4 heterocycles. The Hall–Kier alpha value is -2.66. The first-order valence-corrected chi connectivity index (χ1v) is 10.3. The summed E-state index contributed by atoms with van der Waals surface area (Å²) in [7, 11) is 0. The minimum absolute atomic E-state index is 0.413. The molecule has 1 aliphatic rings. The second kappa shape index (κ2) is 6.74. The molecule has 1 saturated heterocycles. The van der Waals surface area contributed by atoms with Gasteiger partial charge in [0.15, 0.2) is 5.65 Å². The smallest absolute Gasteiger partial charge is 0.164 e. The number of piperidine rings is 1. The van der Waals surface area contributed by atoms with E-state index in [-0.39, 0.29) is 0 Å². The van der Waals surface area contributed by atoms with E-state index in [0.717, 1.165) is 30.1 Å². The summed E-state index contributed by atoms with van der Waals surface area (Å²) in [6, 6.07) is 11.2. The highest BCUT2D eigenvalue weighted by Crippen LogP contribution is 2.38. The van der Waals surface area contributed by atoms with Crippen LogP contribution in [0.2, 0.25) is 0 Å². The average molecular weight is 374 g/mol. The van der Waals surface area contributed by atoms with E-state index in [4.69, 9.17) is 0 Å². The van der Waals surface area contributed by atoms with Crippen molar-refractivity contribution in [2.24, 2.45) is 0 Å². The van der Waals surface area contributed by atoms with Gasteiger partial charge in [-0.1, -0.05) is 19.9 Å². The van der Waals surface area contributed by atoms with Crippen LogP contribution in [0.4, 0.5) is 0 Å². The second-order valence-electron chi connectivity index (χ2n) is 8.25. The SMILES string of the molecule is Cc1nc2c(-c3[nH]c4ccc(C5CCNCC5)cc4c3C(C)C)cccn2n1. The zero-order chi connectivity index (χ0) is 19.3. The van der Waals surface area contributed by atoms with Gasteiger partial charge in [0.25, 0.3) is 0 Å². The average Bonchev–Trinajstić information content (AvgIpc) is 3.27. The van der Waals surface area contributed by atoms with Gasteiger partial charge in [0, 0.05) is 22.7 Å². The van der Waals surface area contributed by atoms with Crippen LogP contribution >= 0.6 is 0 Å². The van der Waals surface area contributed by atoms with E-state index in [9.17, 15) is 0 Å². The first-order chi connectivity index (χ1) is 13.6. The molecule has 5 nitrogen and oxygen atoms in total. The molecule has 1 aliphatic heterocycles. The summed E-state index contributed by atoms with van der Waals surface area (Å²) in [6.45, 7) is 8.73. The lowest BCUT2D eigenvalue weighted by Crippen LogP contribution is -2.26.